The summed E-state index contributed by atoms with van der Waals surface area (Å²) >= 11 is 6.74. The minimum Gasteiger partial charge on any atom is -0.488 e. The van der Waals surface area contributed by atoms with Gasteiger partial charge < -0.3 is 4.74 Å². The molecule has 0 radical (unpaired) electrons. The van der Waals surface area contributed by atoms with Gasteiger partial charge in [-0.15, -0.1) is 0 Å². The Balaban J connectivity index is 1.51. The molecule has 2 amide bonds. The number of benzene rings is 3. The van der Waals surface area contributed by atoms with E-state index in [1.165, 1.54) is 18.2 Å². The van der Waals surface area contributed by atoms with E-state index in [0.29, 0.717) is 28.5 Å². The fourth-order valence-electron chi connectivity index (χ4n) is 3.20. The highest BCUT2D eigenvalue weighted by Gasteiger charge is 2.35. The fourth-order valence-corrected chi connectivity index (χ4v) is 4.16. The lowest BCUT2D eigenvalue weighted by atomic mass is 10.1. The van der Waals surface area contributed by atoms with Crippen LogP contribution in [0.3, 0.4) is 0 Å². The first-order valence-electron chi connectivity index (χ1n) is 9.86. The molecule has 1 saturated heterocycles. The van der Waals surface area contributed by atoms with Crippen molar-refractivity contribution < 1.29 is 19.2 Å². The molecule has 1 fully saturated rings. The van der Waals surface area contributed by atoms with Crippen LogP contribution in [0, 0.1) is 10.1 Å². The Morgan fingerprint density at radius 2 is 1.76 bits per heavy atom. The number of hydrogen-bond donors (Lipinski definition) is 0. The molecule has 0 bridgehead atoms. The molecule has 0 saturated carbocycles. The first-order valence-corrected chi connectivity index (χ1v) is 11.0. The number of rotatable bonds is 7. The largest absolute Gasteiger partial charge is 0.488 e. The van der Waals surface area contributed by atoms with Crippen LogP contribution in [0.2, 0.25) is 5.02 Å². The highest BCUT2D eigenvalue weighted by molar-refractivity contribution is 8.18. The minimum atomic E-state index is -0.516. The number of halogens is 1. The summed E-state index contributed by atoms with van der Waals surface area (Å²) in [6, 6.07) is 20.4. The number of imide groups is 1. The van der Waals surface area contributed by atoms with Crippen molar-refractivity contribution in [3.8, 4) is 5.75 Å². The van der Waals surface area contributed by atoms with E-state index < -0.39 is 16.1 Å². The third kappa shape index (κ3) is 5.42. The van der Waals surface area contributed by atoms with Crippen LogP contribution in [0.5, 0.6) is 5.75 Å². The molecular weight excluding hydrogens is 464 g/mol. The Morgan fingerprint density at radius 1 is 1.00 bits per heavy atom. The van der Waals surface area contributed by atoms with Crippen LogP contribution in [-0.4, -0.2) is 21.0 Å². The number of carbonyl (C=O) groups excluding carboxylic acids is 2. The van der Waals surface area contributed by atoms with Crippen LogP contribution >= 0.6 is 23.4 Å². The molecule has 0 N–H and O–H groups in total. The summed E-state index contributed by atoms with van der Waals surface area (Å²) in [5, 5.41) is 11.2. The number of nitro benzene ring substituents is 1. The molecule has 9 heteroatoms. The zero-order chi connectivity index (χ0) is 23.4. The summed E-state index contributed by atoms with van der Waals surface area (Å²) in [6.45, 7) is 0.273. The van der Waals surface area contributed by atoms with Crippen LogP contribution in [0.1, 0.15) is 16.7 Å². The molecule has 3 aromatic carbocycles. The monoisotopic (exact) mass is 480 g/mol. The maximum Gasteiger partial charge on any atom is 0.293 e. The van der Waals surface area contributed by atoms with Crippen molar-refractivity contribution in [1.29, 1.82) is 0 Å². The number of para-hydroxylation sites is 1. The Bertz CT molecular complexity index is 1260. The van der Waals surface area contributed by atoms with Gasteiger partial charge >= 0.3 is 0 Å². The average molecular weight is 481 g/mol. The van der Waals surface area contributed by atoms with Gasteiger partial charge in [-0.1, -0.05) is 54.1 Å². The molecule has 7 nitrogen and oxygen atoms in total. The molecule has 3 aromatic rings. The van der Waals surface area contributed by atoms with Crippen molar-refractivity contribution in [2.24, 2.45) is 0 Å². The first-order chi connectivity index (χ1) is 15.9. The number of nitrogens with zero attached hydrogens (tertiary/aromatic N) is 2. The standard InChI is InChI=1S/C24H17ClN2O5S/c25-19-10-8-16(9-11-19)15-32-21-7-2-1-5-18(21)13-22-23(28)26(24(29)33-22)14-17-4-3-6-20(12-17)27(30)31/h1-13H,14-15H2/b22-13+. The van der Waals surface area contributed by atoms with Gasteiger partial charge in [-0.2, -0.15) is 0 Å². The Morgan fingerprint density at radius 3 is 2.52 bits per heavy atom. The Labute approximate surface area is 198 Å². The molecule has 0 spiro atoms. The molecule has 166 valence electrons. The van der Waals surface area contributed by atoms with E-state index in [4.69, 9.17) is 16.3 Å². The highest BCUT2D eigenvalue weighted by atomic mass is 35.5. The van der Waals surface area contributed by atoms with Crippen LogP contribution in [0.4, 0.5) is 10.5 Å². The fraction of sp³-hybridized carbons (Fsp3) is 0.0833. The predicted octanol–water partition coefficient (Wildman–Crippen LogP) is 6.06. The van der Waals surface area contributed by atoms with Crippen molar-refractivity contribution in [1.82, 2.24) is 4.90 Å². The molecule has 33 heavy (non-hydrogen) atoms. The predicted molar refractivity (Wildman–Crippen MR) is 127 cm³/mol. The molecule has 0 atom stereocenters. The van der Waals surface area contributed by atoms with Gasteiger partial charge in [-0.05, 0) is 47.2 Å². The second-order valence-corrected chi connectivity index (χ2v) is 8.58. The topological polar surface area (TPSA) is 89.8 Å². The van der Waals surface area contributed by atoms with Crippen molar-refractivity contribution in [2.45, 2.75) is 13.2 Å². The lowest BCUT2D eigenvalue weighted by molar-refractivity contribution is -0.384. The van der Waals surface area contributed by atoms with Crippen molar-refractivity contribution in [3.63, 3.8) is 0 Å². The summed E-state index contributed by atoms with van der Waals surface area (Å²) in [5.41, 5.74) is 2.00. The zero-order valence-electron chi connectivity index (χ0n) is 17.1. The smallest absolute Gasteiger partial charge is 0.293 e. The van der Waals surface area contributed by atoms with Crippen LogP contribution in [0.15, 0.2) is 77.7 Å². The van der Waals surface area contributed by atoms with Crippen molar-refractivity contribution in [3.05, 3.63) is 110 Å². The van der Waals surface area contributed by atoms with Crippen molar-refractivity contribution in [2.75, 3.05) is 0 Å². The second kappa shape index (κ2) is 9.89. The van der Waals surface area contributed by atoms with Gasteiger partial charge in [-0.3, -0.25) is 24.6 Å². The maximum atomic E-state index is 12.9. The minimum absolute atomic E-state index is 0.0433. The molecule has 1 aliphatic heterocycles. The Kier molecular flexibility index (Phi) is 6.76. The molecule has 1 aliphatic rings. The van der Waals surface area contributed by atoms with Gasteiger partial charge in [0.1, 0.15) is 12.4 Å². The first kappa shape index (κ1) is 22.6. The maximum absolute atomic E-state index is 12.9. The molecule has 0 unspecified atom stereocenters. The summed E-state index contributed by atoms with van der Waals surface area (Å²) in [5.74, 6) is 0.113. The van der Waals surface area contributed by atoms with Crippen molar-refractivity contribution >= 4 is 46.3 Å². The molecular formula is C24H17ClN2O5S. The third-order valence-corrected chi connectivity index (χ3v) is 6.01. The Hall–Kier alpha value is -3.62. The van der Waals surface area contributed by atoms with Crippen LogP contribution in [0.25, 0.3) is 6.08 Å². The lowest BCUT2D eigenvalue weighted by Gasteiger charge is -2.12. The summed E-state index contributed by atoms with van der Waals surface area (Å²) in [6.07, 6.45) is 1.62. The summed E-state index contributed by atoms with van der Waals surface area (Å²) in [7, 11) is 0. The number of thioether (sulfide) groups is 1. The van der Waals surface area contributed by atoms with E-state index >= 15 is 0 Å². The molecule has 0 aromatic heterocycles. The number of hydrogen-bond acceptors (Lipinski definition) is 6. The van der Waals surface area contributed by atoms with Gasteiger partial charge in [-0.25, -0.2) is 0 Å². The van der Waals surface area contributed by atoms with E-state index in [1.807, 2.05) is 24.3 Å². The van der Waals surface area contributed by atoms with Crippen LogP contribution in [-0.2, 0) is 17.9 Å². The number of amides is 2. The third-order valence-electron chi connectivity index (χ3n) is 4.85. The highest BCUT2D eigenvalue weighted by Crippen LogP contribution is 2.35. The van der Waals surface area contributed by atoms with Gasteiger partial charge in [0.2, 0.25) is 0 Å². The average Bonchev–Trinajstić information content (AvgIpc) is 3.07. The van der Waals surface area contributed by atoms with Gasteiger partial charge in [0.15, 0.2) is 0 Å². The van der Waals surface area contributed by atoms with Gasteiger partial charge in [0.25, 0.3) is 16.8 Å². The van der Waals surface area contributed by atoms with E-state index in [-0.39, 0.29) is 17.1 Å². The van der Waals surface area contributed by atoms with E-state index in [2.05, 4.69) is 0 Å². The summed E-state index contributed by atoms with van der Waals surface area (Å²) in [4.78, 5) is 37.2. The van der Waals surface area contributed by atoms with Gasteiger partial charge in [0.05, 0.1) is 16.4 Å². The number of non-ortho nitro benzene ring substituents is 1. The van der Waals surface area contributed by atoms with Gasteiger partial charge in [0, 0.05) is 22.7 Å². The molecule has 4 rings (SSSR count). The SMILES string of the molecule is O=C1S/C(=C/c2ccccc2OCc2ccc(Cl)cc2)C(=O)N1Cc1cccc([N+](=O)[O-])c1. The molecule has 1 heterocycles. The zero-order valence-corrected chi connectivity index (χ0v) is 18.7. The number of nitro groups is 1. The van der Waals surface area contributed by atoms with E-state index in [0.717, 1.165) is 22.2 Å². The molecule has 0 aliphatic carbocycles. The van der Waals surface area contributed by atoms with Crippen LogP contribution < -0.4 is 4.74 Å². The van der Waals surface area contributed by atoms with E-state index in [9.17, 15) is 19.7 Å². The normalized spacial score (nSPS) is 14.7. The summed E-state index contributed by atoms with van der Waals surface area (Å²) < 4.78 is 5.92. The number of ether oxygens (including phenoxy) is 1. The van der Waals surface area contributed by atoms with E-state index in [1.54, 1.807) is 36.4 Å². The lowest BCUT2D eigenvalue weighted by Crippen LogP contribution is -2.27. The quantitative estimate of drug-likeness (QED) is 0.232. The second-order valence-electron chi connectivity index (χ2n) is 7.15. The number of carbonyl (C=O) groups is 2.